The molecule has 0 aromatic carbocycles. The van der Waals surface area contributed by atoms with Crippen LogP contribution in [0.1, 0.15) is 67.7 Å². The van der Waals surface area contributed by atoms with Crippen LogP contribution < -0.4 is 0 Å². The summed E-state index contributed by atoms with van der Waals surface area (Å²) in [5.74, 6) is 0.632. The molecule has 0 spiro atoms. The molecule has 0 aromatic rings. The maximum atomic E-state index is 11.7. The summed E-state index contributed by atoms with van der Waals surface area (Å²) in [7, 11) is -3.87. The molecule has 2 rings (SSSR count). The molecule has 0 heterocycles. The van der Waals surface area contributed by atoms with Crippen molar-refractivity contribution in [3.8, 4) is 0 Å². The first-order chi connectivity index (χ1) is 12.5. The Morgan fingerprint density at radius 2 is 1.32 bits per heavy atom. The minimum absolute atomic E-state index is 0.0229. The van der Waals surface area contributed by atoms with Crippen LogP contribution in [-0.4, -0.2) is 40.9 Å². The van der Waals surface area contributed by atoms with Crippen LogP contribution in [0.2, 0.25) is 36.3 Å². The van der Waals surface area contributed by atoms with Gasteiger partial charge >= 0.3 is 5.97 Å². The molecular formula is C22H44O4Si2. The average molecular weight is 429 g/mol. The lowest BCUT2D eigenvalue weighted by atomic mass is 9.97. The summed E-state index contributed by atoms with van der Waals surface area (Å²) >= 11 is 0. The molecule has 0 bridgehead atoms. The van der Waals surface area contributed by atoms with Crippen LogP contribution in [0.3, 0.4) is 0 Å². The van der Waals surface area contributed by atoms with E-state index < -0.39 is 16.6 Å². The van der Waals surface area contributed by atoms with Crippen LogP contribution in [0.4, 0.5) is 0 Å². The van der Waals surface area contributed by atoms with Crippen molar-refractivity contribution in [3.05, 3.63) is 0 Å². The van der Waals surface area contributed by atoms with Crippen molar-refractivity contribution >= 4 is 22.6 Å². The molecule has 2 fully saturated rings. The molecule has 2 aliphatic carbocycles. The molecule has 28 heavy (non-hydrogen) atoms. The normalized spacial score (nSPS) is 31.8. The third-order valence-electron chi connectivity index (χ3n) is 7.88. The van der Waals surface area contributed by atoms with Crippen LogP contribution in [0.25, 0.3) is 0 Å². The highest BCUT2D eigenvalue weighted by molar-refractivity contribution is 6.74. The van der Waals surface area contributed by atoms with Crippen molar-refractivity contribution in [2.45, 2.75) is 122 Å². The summed E-state index contributed by atoms with van der Waals surface area (Å²) in [4.78, 5) is 11.7. The van der Waals surface area contributed by atoms with Gasteiger partial charge in [-0.15, -0.1) is 0 Å². The van der Waals surface area contributed by atoms with E-state index >= 15 is 0 Å². The smallest absolute Gasteiger partial charge is 0.302 e. The van der Waals surface area contributed by atoms with Gasteiger partial charge in [-0.1, -0.05) is 41.5 Å². The van der Waals surface area contributed by atoms with E-state index in [9.17, 15) is 4.79 Å². The lowest BCUT2D eigenvalue weighted by Gasteiger charge is -2.44. The van der Waals surface area contributed by atoms with E-state index in [1.807, 2.05) is 0 Å². The molecular weight excluding hydrogens is 384 g/mol. The fourth-order valence-corrected chi connectivity index (χ4v) is 6.88. The zero-order valence-corrected chi connectivity index (χ0v) is 22.1. The molecule has 0 radical (unpaired) electrons. The number of hydrogen-bond donors (Lipinski definition) is 0. The fourth-order valence-electron chi connectivity index (χ4n) is 4.19. The van der Waals surface area contributed by atoms with E-state index in [-0.39, 0.29) is 40.3 Å². The van der Waals surface area contributed by atoms with Gasteiger partial charge in [-0.3, -0.25) is 4.79 Å². The molecule has 164 valence electrons. The molecule has 4 nitrogen and oxygen atoms in total. The minimum atomic E-state index is -1.97. The lowest BCUT2D eigenvalue weighted by Crippen LogP contribution is -2.52. The van der Waals surface area contributed by atoms with Gasteiger partial charge in [-0.25, -0.2) is 0 Å². The Morgan fingerprint density at radius 3 is 1.79 bits per heavy atom. The minimum Gasteiger partial charge on any atom is -0.462 e. The highest BCUT2D eigenvalue weighted by atomic mass is 28.4. The van der Waals surface area contributed by atoms with Crippen LogP contribution in [0.5, 0.6) is 0 Å². The second-order valence-electron chi connectivity index (χ2n) is 12.1. The predicted octanol–water partition coefficient (Wildman–Crippen LogP) is 6.13. The Labute approximate surface area is 175 Å². The average Bonchev–Trinajstić information content (AvgIpc) is 2.97. The van der Waals surface area contributed by atoms with E-state index in [1.54, 1.807) is 0 Å². The molecule has 0 amide bonds. The third-order valence-corrected chi connectivity index (χ3v) is 16.9. The number of esters is 1. The summed E-state index contributed by atoms with van der Waals surface area (Å²) in [5, 5.41) is 0.309. The molecule has 5 atom stereocenters. The number of hydrogen-bond acceptors (Lipinski definition) is 4. The maximum absolute atomic E-state index is 11.7. The van der Waals surface area contributed by atoms with Crippen LogP contribution in [0, 0.1) is 11.8 Å². The fraction of sp³-hybridized carbons (Fsp3) is 0.955. The van der Waals surface area contributed by atoms with E-state index in [4.69, 9.17) is 13.6 Å². The van der Waals surface area contributed by atoms with Gasteiger partial charge in [-0.05, 0) is 61.4 Å². The summed E-state index contributed by atoms with van der Waals surface area (Å²) in [6.45, 7) is 24.5. The highest BCUT2D eigenvalue weighted by Gasteiger charge is 2.56. The third kappa shape index (κ3) is 4.93. The molecule has 0 saturated heterocycles. The van der Waals surface area contributed by atoms with Crippen molar-refractivity contribution in [1.82, 2.24) is 0 Å². The molecule has 6 heteroatoms. The SMILES string of the molecule is CC(=O)O[C@@H]1CC[C@@H]2C[C@@H](O[Si](C)(C)C(C)(C)C)[C@@H](O[Si](C)(C)C(C)(C)C)[C@@H]21. The molecule has 0 aliphatic heterocycles. The van der Waals surface area contributed by atoms with Gasteiger partial charge < -0.3 is 13.6 Å². The van der Waals surface area contributed by atoms with Crippen LogP contribution in [0.15, 0.2) is 0 Å². The second kappa shape index (κ2) is 7.82. The largest absolute Gasteiger partial charge is 0.462 e. The Balaban J connectivity index is 2.33. The molecule has 2 aliphatic rings. The quantitative estimate of drug-likeness (QED) is 0.390. The molecule has 0 aromatic heterocycles. The van der Waals surface area contributed by atoms with Crippen molar-refractivity contribution < 1.29 is 18.4 Å². The van der Waals surface area contributed by atoms with Gasteiger partial charge in [-0.2, -0.15) is 0 Å². The van der Waals surface area contributed by atoms with Crippen LogP contribution >= 0.6 is 0 Å². The van der Waals surface area contributed by atoms with Crippen molar-refractivity contribution in [3.63, 3.8) is 0 Å². The van der Waals surface area contributed by atoms with Gasteiger partial charge in [0.1, 0.15) is 6.10 Å². The lowest BCUT2D eigenvalue weighted by molar-refractivity contribution is -0.150. The van der Waals surface area contributed by atoms with Gasteiger partial charge in [0.05, 0.1) is 12.2 Å². The summed E-state index contributed by atoms with van der Waals surface area (Å²) in [6, 6.07) is 0. The number of fused-ring (bicyclic) bond motifs is 1. The van der Waals surface area contributed by atoms with Crippen molar-refractivity contribution in [2.75, 3.05) is 0 Å². The van der Waals surface area contributed by atoms with E-state index in [1.165, 1.54) is 6.92 Å². The second-order valence-corrected chi connectivity index (χ2v) is 21.6. The van der Waals surface area contributed by atoms with Gasteiger partial charge in [0.25, 0.3) is 0 Å². The van der Waals surface area contributed by atoms with Crippen molar-refractivity contribution in [2.24, 2.45) is 11.8 Å². The molecule has 0 unspecified atom stereocenters. The number of ether oxygens (including phenoxy) is 1. The molecule has 0 N–H and O–H groups in total. The zero-order chi connectivity index (χ0) is 21.7. The summed E-state index contributed by atoms with van der Waals surface area (Å²) in [5.41, 5.74) is 0. The highest BCUT2D eigenvalue weighted by Crippen LogP contribution is 2.52. The maximum Gasteiger partial charge on any atom is 0.302 e. The Morgan fingerprint density at radius 1 is 0.821 bits per heavy atom. The Bertz CT molecular complexity index is 574. The number of carbonyl (C=O) groups excluding carboxylic acids is 1. The van der Waals surface area contributed by atoms with E-state index in [0.717, 1.165) is 19.3 Å². The zero-order valence-electron chi connectivity index (χ0n) is 20.1. The Kier molecular flexibility index (Phi) is 6.73. The number of carbonyl (C=O) groups is 1. The number of rotatable bonds is 5. The van der Waals surface area contributed by atoms with Crippen molar-refractivity contribution in [1.29, 1.82) is 0 Å². The van der Waals surface area contributed by atoms with Gasteiger partial charge in [0, 0.05) is 12.8 Å². The predicted molar refractivity (Wildman–Crippen MR) is 121 cm³/mol. The van der Waals surface area contributed by atoms with Gasteiger partial charge in [0.2, 0.25) is 0 Å². The summed E-state index contributed by atoms with van der Waals surface area (Å²) < 4.78 is 19.7. The van der Waals surface area contributed by atoms with Crippen LogP contribution in [-0.2, 0) is 18.4 Å². The topological polar surface area (TPSA) is 44.8 Å². The monoisotopic (exact) mass is 428 g/mol. The standard InChI is InChI=1S/C22H44O4Si2/c1-15(23)24-17-13-12-16-14-18(25-27(8,9)21(2,3)4)20(19(16)17)26-28(10,11)22(5,6)7/h16-20H,12-14H2,1-11H3/t16-,17-,18-,19+,20-/m1/s1. The van der Waals surface area contributed by atoms with Gasteiger partial charge in [0.15, 0.2) is 16.6 Å². The first-order valence-corrected chi connectivity index (χ1v) is 16.8. The summed E-state index contributed by atoms with van der Waals surface area (Å²) in [6.07, 6.45) is 3.23. The van der Waals surface area contributed by atoms with E-state index in [0.29, 0.717) is 5.92 Å². The Hall–Kier alpha value is -0.176. The van der Waals surface area contributed by atoms with E-state index in [2.05, 4.69) is 67.7 Å². The first kappa shape index (κ1) is 24.1. The molecule has 2 saturated carbocycles. The first-order valence-electron chi connectivity index (χ1n) is 11.0.